The summed E-state index contributed by atoms with van der Waals surface area (Å²) in [6.45, 7) is 10.8. The largest absolute Gasteiger partial charge is 0.432 e. The second kappa shape index (κ2) is 12.0. The van der Waals surface area contributed by atoms with Gasteiger partial charge in [-0.3, -0.25) is 4.99 Å². The third-order valence-corrected chi connectivity index (χ3v) is 7.83. The minimum atomic E-state index is -3.32. The first-order chi connectivity index (χ1) is 18.2. The van der Waals surface area contributed by atoms with Crippen LogP contribution >= 0.6 is 0 Å². The molecule has 1 aliphatic carbocycles. The molecule has 3 unspecified atom stereocenters. The summed E-state index contributed by atoms with van der Waals surface area (Å²) < 4.78 is 32.0. The number of benzene rings is 1. The summed E-state index contributed by atoms with van der Waals surface area (Å²) in [7, 11) is 0. The molecule has 4 rings (SSSR count). The number of urea groups is 1. The maximum atomic E-state index is 13.6. The Balaban J connectivity index is 1.36. The van der Waals surface area contributed by atoms with Crippen LogP contribution in [0.5, 0.6) is 5.75 Å². The van der Waals surface area contributed by atoms with Crippen molar-refractivity contribution in [1.82, 2.24) is 10.6 Å². The fourth-order valence-electron chi connectivity index (χ4n) is 5.44. The predicted octanol–water partition coefficient (Wildman–Crippen LogP) is 6.96. The smallest absolute Gasteiger partial charge is 0.401 e. The maximum Gasteiger partial charge on any atom is 0.401 e. The Kier molecular flexibility index (Phi) is 8.69. The Hall–Kier alpha value is -3.42. The molecule has 1 aromatic rings. The van der Waals surface area contributed by atoms with Gasteiger partial charge in [-0.05, 0) is 91.8 Å². The fraction of sp³-hybridized carbons (Fsp3) is 0.467. The van der Waals surface area contributed by atoms with Crippen LogP contribution in [0.1, 0.15) is 52.9 Å². The zero-order valence-electron chi connectivity index (χ0n) is 22.4. The van der Waals surface area contributed by atoms with Gasteiger partial charge in [0.25, 0.3) is 0 Å². The number of alkyl halides is 2. The lowest BCUT2D eigenvalue weighted by atomic mass is 9.79. The second-order valence-corrected chi connectivity index (χ2v) is 10.6. The highest BCUT2D eigenvalue weighted by Gasteiger charge is 2.33. The van der Waals surface area contributed by atoms with E-state index in [4.69, 9.17) is 9.73 Å². The molecule has 8 heteroatoms. The van der Waals surface area contributed by atoms with Gasteiger partial charge in [-0.15, -0.1) is 6.58 Å². The number of hydrogen-bond acceptors (Lipinski definition) is 4. The molecule has 3 aliphatic rings. The number of hydrogen-bond donors (Lipinski definition) is 3. The van der Waals surface area contributed by atoms with Crippen molar-refractivity contribution in [3.8, 4) is 5.75 Å². The fourth-order valence-corrected chi connectivity index (χ4v) is 5.44. The van der Waals surface area contributed by atoms with Crippen LogP contribution in [0, 0.1) is 17.8 Å². The summed E-state index contributed by atoms with van der Waals surface area (Å²) >= 11 is 0. The maximum absolute atomic E-state index is 13.6. The monoisotopic (exact) mass is 524 g/mol. The van der Waals surface area contributed by atoms with E-state index in [1.807, 2.05) is 12.4 Å². The number of carbonyl (C=O) groups is 1. The van der Waals surface area contributed by atoms with Crippen LogP contribution in [0.15, 0.2) is 77.1 Å². The molecule has 1 fully saturated rings. The Labute approximate surface area is 224 Å². The van der Waals surface area contributed by atoms with E-state index in [-0.39, 0.29) is 17.8 Å². The van der Waals surface area contributed by atoms with Crippen LogP contribution in [-0.4, -0.2) is 30.4 Å². The molecule has 6 nitrogen and oxygen atoms in total. The zero-order valence-corrected chi connectivity index (χ0v) is 22.4. The van der Waals surface area contributed by atoms with Crippen LogP contribution in [0.2, 0.25) is 0 Å². The number of aliphatic imine (C=N–C) groups is 1. The third kappa shape index (κ3) is 6.71. The van der Waals surface area contributed by atoms with Gasteiger partial charge in [0.1, 0.15) is 5.75 Å². The van der Waals surface area contributed by atoms with Crippen molar-refractivity contribution in [2.75, 3.05) is 11.9 Å². The first-order valence-corrected chi connectivity index (χ1v) is 13.4. The highest BCUT2D eigenvalue weighted by molar-refractivity contribution is 6.06. The number of halogens is 2. The molecule has 1 saturated carbocycles. The first kappa shape index (κ1) is 27.6. The summed E-state index contributed by atoms with van der Waals surface area (Å²) in [5.41, 5.74) is 5.60. The average Bonchev–Trinajstić information content (AvgIpc) is 3.13. The Morgan fingerprint density at radius 3 is 2.68 bits per heavy atom. The number of nitrogens with zero attached hydrogens (tertiary/aromatic N) is 1. The van der Waals surface area contributed by atoms with Gasteiger partial charge in [0.2, 0.25) is 0 Å². The van der Waals surface area contributed by atoms with Gasteiger partial charge in [-0.2, -0.15) is 8.78 Å². The highest BCUT2D eigenvalue weighted by Crippen LogP contribution is 2.37. The summed E-state index contributed by atoms with van der Waals surface area (Å²) in [6, 6.07) is 5.64. The molecule has 0 aromatic heterocycles. The van der Waals surface area contributed by atoms with Gasteiger partial charge in [0, 0.05) is 36.3 Å². The number of ether oxygens (including phenoxy) is 1. The minimum Gasteiger partial charge on any atom is -0.432 e. The molecule has 2 aliphatic heterocycles. The molecule has 0 saturated heterocycles. The molecule has 4 atom stereocenters. The van der Waals surface area contributed by atoms with E-state index < -0.39 is 12.5 Å². The molecular formula is C30H38F2N4O2. The van der Waals surface area contributed by atoms with Gasteiger partial charge in [0.15, 0.2) is 0 Å². The molecule has 2 amide bonds. The van der Waals surface area contributed by atoms with Crippen molar-refractivity contribution in [3.05, 3.63) is 72.1 Å². The number of dihydropyridines is 1. The third-order valence-electron chi connectivity index (χ3n) is 7.83. The van der Waals surface area contributed by atoms with E-state index in [0.29, 0.717) is 23.4 Å². The number of rotatable bonds is 7. The molecule has 0 bridgehead atoms. The number of allylic oxidation sites excluding steroid dienone is 3. The van der Waals surface area contributed by atoms with Crippen molar-refractivity contribution in [1.29, 1.82) is 0 Å². The summed E-state index contributed by atoms with van der Waals surface area (Å²) in [4.78, 5) is 17.7. The van der Waals surface area contributed by atoms with Crippen LogP contribution in [-0.2, 0) is 0 Å². The minimum absolute atomic E-state index is 0.0225. The van der Waals surface area contributed by atoms with Crippen LogP contribution in [0.4, 0.5) is 19.3 Å². The van der Waals surface area contributed by atoms with Crippen LogP contribution in [0.3, 0.4) is 0 Å². The molecule has 0 spiro atoms. The number of nitrogens with one attached hydrogen (secondary N) is 3. The lowest BCUT2D eigenvalue weighted by molar-refractivity contribution is -0.172. The van der Waals surface area contributed by atoms with Gasteiger partial charge in [0.05, 0.1) is 12.1 Å². The van der Waals surface area contributed by atoms with Gasteiger partial charge in [-0.25, -0.2) is 4.79 Å². The Morgan fingerprint density at radius 2 is 1.95 bits per heavy atom. The van der Waals surface area contributed by atoms with E-state index >= 15 is 0 Å². The Bertz CT molecular complexity index is 1150. The standard InChI is InChI=1S/C30H38F2N4O2/c1-5-15-30(31,32)38-24-11-8-23(9-12-24)36-29(37)35-22-7-6-19(2)25(13-10-22)28-26-14-16-33-18-27(26)21(4)20(3)17-34-28/h5,8-9,11-12,14,16-17,19,21-22,25,33H,1,6-7,10,13,15,18H2,2-4H3,(H2,35,36,37)/t19?,21-,22?,25?/m0/s1. The summed E-state index contributed by atoms with van der Waals surface area (Å²) in [6.07, 6.45) is 7.10. The predicted molar refractivity (Wildman–Crippen MR) is 148 cm³/mol. The van der Waals surface area contributed by atoms with Crippen molar-refractivity contribution >= 4 is 17.4 Å². The number of anilines is 1. The summed E-state index contributed by atoms with van der Waals surface area (Å²) in [5.74, 6) is 1.13. The molecule has 2 heterocycles. The van der Waals surface area contributed by atoms with Gasteiger partial charge in [-0.1, -0.05) is 19.9 Å². The molecule has 38 heavy (non-hydrogen) atoms. The Morgan fingerprint density at radius 1 is 1.21 bits per heavy atom. The SMILES string of the molecule is C=CCC(F)(F)Oc1ccc(NC(=O)NC2CCC(C)C(C3=NC=C(C)[C@H](C)C4=C3C=CNC4)CC2)cc1. The molecule has 3 N–H and O–H groups in total. The molecule has 1 aromatic carbocycles. The van der Waals surface area contributed by atoms with E-state index in [2.05, 4.69) is 49.4 Å². The van der Waals surface area contributed by atoms with Crippen molar-refractivity contribution in [2.24, 2.45) is 22.7 Å². The number of amides is 2. The second-order valence-electron chi connectivity index (χ2n) is 10.6. The van der Waals surface area contributed by atoms with Crippen molar-refractivity contribution in [2.45, 2.75) is 65.0 Å². The highest BCUT2D eigenvalue weighted by atomic mass is 19.3. The number of carbonyl (C=O) groups excluding carboxylic acids is 1. The topological polar surface area (TPSA) is 74.8 Å². The van der Waals surface area contributed by atoms with Crippen LogP contribution < -0.4 is 20.7 Å². The van der Waals surface area contributed by atoms with E-state index in [1.54, 1.807) is 12.1 Å². The molecule has 0 radical (unpaired) electrons. The quantitative estimate of drug-likeness (QED) is 0.267. The van der Waals surface area contributed by atoms with Crippen LogP contribution in [0.25, 0.3) is 0 Å². The first-order valence-electron chi connectivity index (χ1n) is 13.4. The van der Waals surface area contributed by atoms with Crippen molar-refractivity contribution in [3.63, 3.8) is 0 Å². The van der Waals surface area contributed by atoms with E-state index in [0.717, 1.165) is 38.3 Å². The van der Waals surface area contributed by atoms with E-state index in [9.17, 15) is 13.6 Å². The lowest BCUT2D eigenvalue weighted by Gasteiger charge is -2.28. The van der Waals surface area contributed by atoms with E-state index in [1.165, 1.54) is 34.6 Å². The molecular weight excluding hydrogens is 486 g/mol. The normalized spacial score (nSPS) is 25.6. The molecule has 204 valence electrons. The van der Waals surface area contributed by atoms with Crippen molar-refractivity contribution < 1.29 is 18.3 Å². The summed E-state index contributed by atoms with van der Waals surface area (Å²) in [5, 5.41) is 9.26. The van der Waals surface area contributed by atoms with Gasteiger partial charge < -0.3 is 20.7 Å². The zero-order chi connectivity index (χ0) is 27.3. The average molecular weight is 525 g/mol. The lowest BCUT2D eigenvalue weighted by Crippen LogP contribution is -2.37. The van der Waals surface area contributed by atoms with Gasteiger partial charge >= 0.3 is 12.1 Å².